The van der Waals surface area contributed by atoms with Gasteiger partial charge in [-0.05, 0) is 30.7 Å². The Kier molecular flexibility index (Phi) is 4.05. The van der Waals surface area contributed by atoms with Gasteiger partial charge in [-0.3, -0.25) is 9.78 Å². The molecule has 3 nitrogen and oxygen atoms in total. The molecule has 1 atom stereocenters. The second-order valence-electron chi connectivity index (χ2n) is 4.29. The number of pyridine rings is 1. The molecule has 1 aromatic heterocycles. The minimum atomic E-state index is -0.343. The van der Waals surface area contributed by atoms with Crippen LogP contribution in [-0.4, -0.2) is 24.0 Å². The van der Waals surface area contributed by atoms with E-state index in [-0.39, 0.29) is 11.9 Å². The highest BCUT2D eigenvalue weighted by molar-refractivity contribution is 6.02. The minimum absolute atomic E-state index is 0.0464. The Bertz CT molecular complexity index is 551. The van der Waals surface area contributed by atoms with E-state index in [0.717, 1.165) is 23.7 Å². The molecule has 0 aliphatic carbocycles. The van der Waals surface area contributed by atoms with Gasteiger partial charge in [0.05, 0.1) is 5.52 Å². The van der Waals surface area contributed by atoms with Crippen LogP contribution in [0.1, 0.15) is 30.1 Å². The van der Waals surface area contributed by atoms with Crippen molar-refractivity contribution in [3.63, 3.8) is 0 Å². The maximum atomic E-state index is 12.3. The summed E-state index contributed by atoms with van der Waals surface area (Å²) >= 11 is 0. The SMILES string of the molecule is CCCC(OC)C(=O)c1ccc2ncccc2c1. The molecule has 0 amide bonds. The van der Waals surface area contributed by atoms with E-state index in [1.165, 1.54) is 0 Å². The first-order valence-corrected chi connectivity index (χ1v) is 6.18. The number of hydrogen-bond acceptors (Lipinski definition) is 3. The smallest absolute Gasteiger partial charge is 0.191 e. The summed E-state index contributed by atoms with van der Waals surface area (Å²) in [7, 11) is 1.58. The third-order valence-corrected chi connectivity index (χ3v) is 3.02. The van der Waals surface area contributed by atoms with Gasteiger partial charge in [0.25, 0.3) is 0 Å². The number of carbonyl (C=O) groups excluding carboxylic acids is 1. The number of ether oxygens (including phenoxy) is 1. The van der Waals surface area contributed by atoms with Gasteiger partial charge in [0, 0.05) is 24.3 Å². The zero-order chi connectivity index (χ0) is 13.0. The number of methoxy groups -OCH3 is 1. The Morgan fingerprint density at radius 2 is 2.22 bits per heavy atom. The molecule has 2 rings (SSSR count). The maximum absolute atomic E-state index is 12.3. The number of ketones is 1. The number of rotatable bonds is 5. The van der Waals surface area contributed by atoms with Gasteiger partial charge in [-0.2, -0.15) is 0 Å². The Morgan fingerprint density at radius 3 is 2.94 bits per heavy atom. The monoisotopic (exact) mass is 243 g/mol. The van der Waals surface area contributed by atoms with Crippen LogP contribution >= 0.6 is 0 Å². The molecule has 0 saturated heterocycles. The average Bonchev–Trinajstić information content (AvgIpc) is 2.43. The Hall–Kier alpha value is -1.74. The molecule has 2 aromatic rings. The van der Waals surface area contributed by atoms with Crippen LogP contribution in [0.4, 0.5) is 0 Å². The van der Waals surface area contributed by atoms with Crippen molar-refractivity contribution in [2.24, 2.45) is 0 Å². The molecule has 1 aromatic carbocycles. The lowest BCUT2D eigenvalue weighted by Crippen LogP contribution is -2.22. The van der Waals surface area contributed by atoms with E-state index < -0.39 is 0 Å². The van der Waals surface area contributed by atoms with E-state index >= 15 is 0 Å². The second-order valence-corrected chi connectivity index (χ2v) is 4.29. The first kappa shape index (κ1) is 12.7. The Balaban J connectivity index is 2.32. The molecule has 1 heterocycles. The first-order chi connectivity index (χ1) is 8.76. The standard InChI is InChI=1S/C15H17NO2/c1-3-5-14(18-2)15(17)12-7-8-13-11(10-12)6-4-9-16-13/h4,6-10,14H,3,5H2,1-2H3. The summed E-state index contributed by atoms with van der Waals surface area (Å²) in [5.74, 6) is 0.0464. The van der Waals surface area contributed by atoms with Crippen LogP contribution in [-0.2, 0) is 4.74 Å². The second kappa shape index (κ2) is 5.74. The topological polar surface area (TPSA) is 39.2 Å². The largest absolute Gasteiger partial charge is 0.373 e. The molecule has 0 N–H and O–H groups in total. The summed E-state index contributed by atoms with van der Waals surface area (Å²) in [5, 5.41) is 0.981. The van der Waals surface area contributed by atoms with Gasteiger partial charge in [0.15, 0.2) is 5.78 Å². The number of aromatic nitrogens is 1. The number of nitrogens with zero attached hydrogens (tertiary/aromatic N) is 1. The van der Waals surface area contributed by atoms with Crippen molar-refractivity contribution in [2.75, 3.05) is 7.11 Å². The summed E-state index contributed by atoms with van der Waals surface area (Å²) in [5.41, 5.74) is 1.59. The predicted molar refractivity (Wildman–Crippen MR) is 71.8 cm³/mol. The fourth-order valence-corrected chi connectivity index (χ4v) is 2.03. The van der Waals surface area contributed by atoms with Gasteiger partial charge in [-0.1, -0.05) is 19.4 Å². The summed E-state index contributed by atoms with van der Waals surface area (Å²) < 4.78 is 5.25. The van der Waals surface area contributed by atoms with Crippen molar-refractivity contribution in [1.29, 1.82) is 0 Å². The normalized spacial score (nSPS) is 12.6. The maximum Gasteiger partial charge on any atom is 0.191 e. The predicted octanol–water partition coefficient (Wildman–Crippen LogP) is 3.23. The van der Waals surface area contributed by atoms with Crippen LogP contribution in [0.5, 0.6) is 0 Å². The van der Waals surface area contributed by atoms with E-state index in [1.807, 2.05) is 37.3 Å². The summed E-state index contributed by atoms with van der Waals surface area (Å²) in [6, 6.07) is 9.41. The van der Waals surface area contributed by atoms with Gasteiger partial charge < -0.3 is 4.74 Å². The molecule has 0 aliphatic rings. The van der Waals surface area contributed by atoms with E-state index in [2.05, 4.69) is 4.98 Å². The van der Waals surface area contributed by atoms with E-state index in [1.54, 1.807) is 13.3 Å². The fourth-order valence-electron chi connectivity index (χ4n) is 2.03. The highest BCUT2D eigenvalue weighted by Gasteiger charge is 2.18. The van der Waals surface area contributed by atoms with Gasteiger partial charge in [-0.15, -0.1) is 0 Å². The molecule has 1 unspecified atom stereocenters. The molecule has 0 saturated carbocycles. The van der Waals surface area contributed by atoms with Crippen LogP contribution in [0.3, 0.4) is 0 Å². The molecular formula is C15H17NO2. The van der Waals surface area contributed by atoms with E-state index in [4.69, 9.17) is 4.74 Å². The highest BCUT2D eigenvalue weighted by Crippen LogP contribution is 2.16. The number of carbonyl (C=O) groups is 1. The Labute approximate surface area is 107 Å². The summed E-state index contributed by atoms with van der Waals surface area (Å²) in [6.45, 7) is 2.05. The fraction of sp³-hybridized carbons (Fsp3) is 0.333. The lowest BCUT2D eigenvalue weighted by Gasteiger charge is -2.13. The zero-order valence-corrected chi connectivity index (χ0v) is 10.7. The van der Waals surface area contributed by atoms with Crippen LogP contribution in [0.2, 0.25) is 0 Å². The van der Waals surface area contributed by atoms with Crippen molar-refractivity contribution in [2.45, 2.75) is 25.9 Å². The molecule has 0 radical (unpaired) electrons. The van der Waals surface area contributed by atoms with Gasteiger partial charge in [-0.25, -0.2) is 0 Å². The number of fused-ring (bicyclic) bond motifs is 1. The number of Topliss-reactive ketones (excluding diaryl/α,β-unsaturated/α-hetero) is 1. The molecular weight excluding hydrogens is 226 g/mol. The van der Waals surface area contributed by atoms with Crippen LogP contribution in [0.25, 0.3) is 10.9 Å². The van der Waals surface area contributed by atoms with Crippen LogP contribution < -0.4 is 0 Å². The van der Waals surface area contributed by atoms with E-state index in [0.29, 0.717) is 5.56 Å². The van der Waals surface area contributed by atoms with Crippen molar-refractivity contribution in [3.8, 4) is 0 Å². The third-order valence-electron chi connectivity index (χ3n) is 3.02. The van der Waals surface area contributed by atoms with Crippen molar-refractivity contribution < 1.29 is 9.53 Å². The van der Waals surface area contributed by atoms with Crippen molar-refractivity contribution in [1.82, 2.24) is 4.98 Å². The third kappa shape index (κ3) is 2.57. The zero-order valence-electron chi connectivity index (χ0n) is 10.7. The van der Waals surface area contributed by atoms with Gasteiger partial charge in [0.1, 0.15) is 6.10 Å². The summed E-state index contributed by atoms with van der Waals surface area (Å²) in [6.07, 6.45) is 3.09. The molecule has 0 bridgehead atoms. The highest BCUT2D eigenvalue weighted by atomic mass is 16.5. The lowest BCUT2D eigenvalue weighted by molar-refractivity contribution is 0.0579. The number of hydrogen-bond donors (Lipinski definition) is 0. The minimum Gasteiger partial charge on any atom is -0.373 e. The van der Waals surface area contributed by atoms with Crippen LogP contribution in [0.15, 0.2) is 36.5 Å². The molecule has 0 spiro atoms. The molecule has 0 aliphatic heterocycles. The van der Waals surface area contributed by atoms with Crippen molar-refractivity contribution >= 4 is 16.7 Å². The Morgan fingerprint density at radius 1 is 1.39 bits per heavy atom. The molecule has 0 fully saturated rings. The molecule has 18 heavy (non-hydrogen) atoms. The van der Waals surface area contributed by atoms with Crippen molar-refractivity contribution in [3.05, 3.63) is 42.1 Å². The lowest BCUT2D eigenvalue weighted by atomic mass is 10.0. The molecule has 94 valence electrons. The van der Waals surface area contributed by atoms with Gasteiger partial charge in [0.2, 0.25) is 0 Å². The number of benzene rings is 1. The molecule has 3 heteroatoms. The van der Waals surface area contributed by atoms with E-state index in [9.17, 15) is 4.79 Å². The summed E-state index contributed by atoms with van der Waals surface area (Å²) in [4.78, 5) is 16.5. The quantitative estimate of drug-likeness (QED) is 0.757. The average molecular weight is 243 g/mol. The van der Waals surface area contributed by atoms with Crippen LogP contribution in [0, 0.1) is 0 Å². The van der Waals surface area contributed by atoms with Gasteiger partial charge >= 0.3 is 0 Å². The first-order valence-electron chi connectivity index (χ1n) is 6.18.